The van der Waals surface area contributed by atoms with Gasteiger partial charge in [0.05, 0.1) is 23.4 Å². The number of carbonyl (C=O) groups is 3. The third-order valence-corrected chi connectivity index (χ3v) is 5.31. The Morgan fingerprint density at radius 3 is 2.50 bits per heavy atom. The van der Waals surface area contributed by atoms with Crippen LogP contribution in [0.1, 0.15) is 32.8 Å². The van der Waals surface area contributed by atoms with Crippen LogP contribution in [-0.4, -0.2) is 39.1 Å². The zero-order valence-electron chi connectivity index (χ0n) is 14.8. The van der Waals surface area contributed by atoms with Gasteiger partial charge in [-0.1, -0.05) is 12.1 Å². The monoisotopic (exact) mass is 392 g/mol. The molecule has 1 N–H and O–H groups in total. The second-order valence-electron chi connectivity index (χ2n) is 6.22. The molecule has 3 aromatic rings. The first-order valence-corrected chi connectivity index (χ1v) is 9.58. The molecule has 8 heteroatoms. The van der Waals surface area contributed by atoms with Gasteiger partial charge in [-0.15, -0.1) is 11.3 Å². The van der Waals surface area contributed by atoms with Gasteiger partial charge in [0.1, 0.15) is 5.01 Å². The summed E-state index contributed by atoms with van der Waals surface area (Å²) < 4.78 is 0. The number of nitrogens with one attached hydrogen (secondary N) is 1. The zero-order chi connectivity index (χ0) is 19.5. The van der Waals surface area contributed by atoms with Gasteiger partial charge >= 0.3 is 0 Å². The van der Waals surface area contributed by atoms with E-state index in [4.69, 9.17) is 0 Å². The highest BCUT2D eigenvalue weighted by molar-refractivity contribution is 7.13. The molecule has 1 aliphatic rings. The summed E-state index contributed by atoms with van der Waals surface area (Å²) in [4.78, 5) is 46.4. The highest BCUT2D eigenvalue weighted by Crippen LogP contribution is 2.23. The molecule has 0 atom stereocenters. The molecular weight excluding hydrogens is 376 g/mol. The molecule has 7 nitrogen and oxygen atoms in total. The maximum Gasteiger partial charge on any atom is 0.261 e. The standard InChI is InChI=1S/C20H16N4O3S/c25-17(7-9-24-19(26)15-5-1-2-6-16(15)20(24)27)22-11-14-12-28-18(23-14)13-4-3-8-21-10-13/h1-6,8,10,12H,7,9,11H2,(H,22,25). The molecule has 4 rings (SSSR count). The minimum absolute atomic E-state index is 0.0467. The zero-order valence-corrected chi connectivity index (χ0v) is 15.6. The highest BCUT2D eigenvalue weighted by Gasteiger charge is 2.34. The maximum absolute atomic E-state index is 12.3. The Labute approximate surface area is 165 Å². The summed E-state index contributed by atoms with van der Waals surface area (Å²) in [5, 5.41) is 5.50. The predicted molar refractivity (Wildman–Crippen MR) is 104 cm³/mol. The number of rotatable bonds is 6. The topological polar surface area (TPSA) is 92.3 Å². The van der Waals surface area contributed by atoms with Crippen molar-refractivity contribution < 1.29 is 14.4 Å². The summed E-state index contributed by atoms with van der Waals surface area (Å²) in [5.74, 6) is -0.949. The summed E-state index contributed by atoms with van der Waals surface area (Å²) in [6.45, 7) is 0.341. The first kappa shape index (κ1) is 18.0. The smallest absolute Gasteiger partial charge is 0.261 e. The Morgan fingerprint density at radius 2 is 1.82 bits per heavy atom. The van der Waals surface area contributed by atoms with Crippen LogP contribution in [0.5, 0.6) is 0 Å². The van der Waals surface area contributed by atoms with Gasteiger partial charge in [-0.3, -0.25) is 24.3 Å². The van der Waals surface area contributed by atoms with E-state index in [1.165, 1.54) is 11.3 Å². The average molecular weight is 392 g/mol. The van der Waals surface area contributed by atoms with Crippen LogP contribution in [0.2, 0.25) is 0 Å². The van der Waals surface area contributed by atoms with E-state index in [0.29, 0.717) is 11.1 Å². The van der Waals surface area contributed by atoms with E-state index in [0.717, 1.165) is 21.2 Å². The van der Waals surface area contributed by atoms with Crippen molar-refractivity contribution in [2.45, 2.75) is 13.0 Å². The van der Waals surface area contributed by atoms with E-state index < -0.39 is 0 Å². The molecule has 3 heterocycles. The minimum atomic E-state index is -0.353. The normalized spacial score (nSPS) is 12.9. The molecule has 0 unspecified atom stereocenters. The van der Waals surface area contributed by atoms with Gasteiger partial charge in [0.2, 0.25) is 5.91 Å². The second-order valence-corrected chi connectivity index (χ2v) is 7.08. The quantitative estimate of drug-likeness (QED) is 0.651. The van der Waals surface area contributed by atoms with Crippen molar-refractivity contribution in [2.75, 3.05) is 6.54 Å². The molecule has 140 valence electrons. The van der Waals surface area contributed by atoms with Gasteiger partial charge in [-0.05, 0) is 24.3 Å². The van der Waals surface area contributed by atoms with Gasteiger partial charge in [-0.25, -0.2) is 4.98 Å². The fourth-order valence-electron chi connectivity index (χ4n) is 2.94. The van der Waals surface area contributed by atoms with Gasteiger partial charge in [-0.2, -0.15) is 0 Å². The number of carbonyl (C=O) groups excluding carboxylic acids is 3. The number of thiazole rings is 1. The summed E-state index contributed by atoms with van der Waals surface area (Å²) in [6, 6.07) is 10.4. The number of aromatic nitrogens is 2. The van der Waals surface area contributed by atoms with Crippen molar-refractivity contribution in [1.29, 1.82) is 0 Å². The molecule has 2 aromatic heterocycles. The molecule has 0 fully saturated rings. The van der Waals surface area contributed by atoms with Crippen LogP contribution in [-0.2, 0) is 11.3 Å². The second kappa shape index (κ2) is 7.69. The number of benzene rings is 1. The van der Waals surface area contributed by atoms with Crippen LogP contribution in [0.25, 0.3) is 10.6 Å². The molecular formula is C20H16N4O3S. The van der Waals surface area contributed by atoms with Crippen molar-refractivity contribution >= 4 is 29.1 Å². The first-order chi connectivity index (χ1) is 13.6. The molecule has 28 heavy (non-hydrogen) atoms. The Kier molecular flexibility index (Phi) is 4.94. The van der Waals surface area contributed by atoms with Crippen LogP contribution in [0.3, 0.4) is 0 Å². The van der Waals surface area contributed by atoms with Crippen molar-refractivity contribution in [1.82, 2.24) is 20.2 Å². The average Bonchev–Trinajstić information content (AvgIpc) is 3.30. The minimum Gasteiger partial charge on any atom is -0.350 e. The number of amides is 3. The molecule has 0 radical (unpaired) electrons. The number of hydrogen-bond donors (Lipinski definition) is 1. The largest absolute Gasteiger partial charge is 0.350 e. The number of nitrogens with zero attached hydrogens (tertiary/aromatic N) is 3. The van der Waals surface area contributed by atoms with E-state index in [2.05, 4.69) is 15.3 Å². The first-order valence-electron chi connectivity index (χ1n) is 8.70. The van der Waals surface area contributed by atoms with Crippen molar-refractivity contribution in [2.24, 2.45) is 0 Å². The fraction of sp³-hybridized carbons (Fsp3) is 0.150. The Balaban J connectivity index is 1.30. The van der Waals surface area contributed by atoms with Crippen LogP contribution >= 0.6 is 11.3 Å². The molecule has 0 saturated heterocycles. The molecule has 1 aromatic carbocycles. The summed E-state index contributed by atoms with van der Waals surface area (Å²) in [6.07, 6.45) is 3.49. The lowest BCUT2D eigenvalue weighted by molar-refractivity contribution is -0.121. The molecule has 0 bridgehead atoms. The number of hydrogen-bond acceptors (Lipinski definition) is 6. The van der Waals surface area contributed by atoms with E-state index in [1.54, 1.807) is 36.7 Å². The van der Waals surface area contributed by atoms with Gasteiger partial charge in [0.25, 0.3) is 11.8 Å². The van der Waals surface area contributed by atoms with E-state index in [-0.39, 0.29) is 37.2 Å². The lowest BCUT2D eigenvalue weighted by Gasteiger charge is -2.13. The number of pyridine rings is 1. The number of fused-ring (bicyclic) bond motifs is 1. The van der Waals surface area contributed by atoms with Crippen LogP contribution in [0, 0.1) is 0 Å². The third kappa shape index (κ3) is 3.54. The molecule has 0 saturated carbocycles. The molecule has 1 aliphatic heterocycles. The predicted octanol–water partition coefficient (Wildman–Crippen LogP) is 2.51. The van der Waals surface area contributed by atoms with Gasteiger partial charge in [0.15, 0.2) is 0 Å². The lowest BCUT2D eigenvalue weighted by Crippen LogP contribution is -2.34. The maximum atomic E-state index is 12.3. The summed E-state index contributed by atoms with van der Waals surface area (Å²) in [5.41, 5.74) is 2.45. The van der Waals surface area contributed by atoms with E-state index >= 15 is 0 Å². The van der Waals surface area contributed by atoms with E-state index in [9.17, 15) is 14.4 Å². The van der Waals surface area contributed by atoms with Crippen LogP contribution < -0.4 is 5.32 Å². The fourth-order valence-corrected chi connectivity index (χ4v) is 3.75. The Hall–Kier alpha value is -3.39. The summed E-state index contributed by atoms with van der Waals surface area (Å²) >= 11 is 1.48. The van der Waals surface area contributed by atoms with Crippen LogP contribution in [0.15, 0.2) is 54.2 Å². The van der Waals surface area contributed by atoms with Crippen molar-refractivity contribution in [3.63, 3.8) is 0 Å². The van der Waals surface area contributed by atoms with Gasteiger partial charge in [0, 0.05) is 36.3 Å². The lowest BCUT2D eigenvalue weighted by atomic mass is 10.1. The third-order valence-electron chi connectivity index (χ3n) is 4.37. The highest BCUT2D eigenvalue weighted by atomic mass is 32.1. The molecule has 0 spiro atoms. The van der Waals surface area contributed by atoms with Crippen molar-refractivity contribution in [3.05, 3.63) is 71.0 Å². The van der Waals surface area contributed by atoms with E-state index in [1.807, 2.05) is 17.5 Å². The molecule has 3 amide bonds. The van der Waals surface area contributed by atoms with Crippen molar-refractivity contribution in [3.8, 4) is 10.6 Å². The Bertz CT molecular complexity index is 1010. The summed E-state index contributed by atoms with van der Waals surface area (Å²) in [7, 11) is 0. The Morgan fingerprint density at radius 1 is 1.07 bits per heavy atom. The number of imide groups is 1. The molecule has 0 aliphatic carbocycles. The van der Waals surface area contributed by atoms with Gasteiger partial charge < -0.3 is 5.32 Å². The SMILES string of the molecule is O=C(CCN1C(=O)c2ccccc2C1=O)NCc1csc(-c2cccnc2)n1. The van der Waals surface area contributed by atoms with Crippen LogP contribution in [0.4, 0.5) is 0 Å².